The molecule has 0 aromatic heterocycles. The highest BCUT2D eigenvalue weighted by Gasteiger charge is 2.20. The van der Waals surface area contributed by atoms with Gasteiger partial charge in [0.1, 0.15) is 0 Å². The molecule has 1 saturated carbocycles. The van der Waals surface area contributed by atoms with Gasteiger partial charge in [-0.3, -0.25) is 9.59 Å². The van der Waals surface area contributed by atoms with Gasteiger partial charge in [0.2, 0.25) is 11.8 Å². The molecule has 104 valence electrons. The van der Waals surface area contributed by atoms with Gasteiger partial charge in [-0.1, -0.05) is 32.6 Å². The van der Waals surface area contributed by atoms with Crippen molar-refractivity contribution < 1.29 is 9.59 Å². The zero-order valence-corrected chi connectivity index (χ0v) is 11.7. The Bertz CT molecular complexity index is 271. The SMILES string of the molecule is CCCN(C)C(=O)CNC(=O)C1CCCCCC1. The molecule has 0 unspecified atom stereocenters. The van der Waals surface area contributed by atoms with Gasteiger partial charge in [0.25, 0.3) is 0 Å². The number of hydrogen-bond donors (Lipinski definition) is 1. The third-order valence-electron chi connectivity index (χ3n) is 3.62. The molecule has 0 radical (unpaired) electrons. The first kappa shape index (κ1) is 15.0. The first-order chi connectivity index (χ1) is 8.65. The molecule has 1 aliphatic carbocycles. The molecule has 0 aromatic rings. The maximum atomic E-state index is 12.0. The topological polar surface area (TPSA) is 49.4 Å². The summed E-state index contributed by atoms with van der Waals surface area (Å²) in [6.45, 7) is 2.93. The molecule has 1 N–H and O–H groups in total. The van der Waals surface area contributed by atoms with E-state index in [-0.39, 0.29) is 24.3 Å². The molecule has 1 rings (SSSR count). The highest BCUT2D eigenvalue weighted by molar-refractivity contribution is 5.85. The van der Waals surface area contributed by atoms with E-state index in [1.54, 1.807) is 11.9 Å². The normalized spacial score (nSPS) is 17.0. The Kier molecular flexibility index (Phi) is 6.76. The van der Waals surface area contributed by atoms with Crippen molar-refractivity contribution in [2.45, 2.75) is 51.9 Å². The fraction of sp³-hybridized carbons (Fsp3) is 0.857. The zero-order chi connectivity index (χ0) is 13.4. The van der Waals surface area contributed by atoms with Crippen molar-refractivity contribution in [3.8, 4) is 0 Å². The summed E-state index contributed by atoms with van der Waals surface area (Å²) in [5.74, 6) is 0.186. The van der Waals surface area contributed by atoms with Gasteiger partial charge < -0.3 is 10.2 Å². The van der Waals surface area contributed by atoms with Crippen molar-refractivity contribution in [1.82, 2.24) is 10.2 Å². The summed E-state index contributed by atoms with van der Waals surface area (Å²) in [5, 5.41) is 2.79. The molecule has 0 atom stereocenters. The number of likely N-dealkylation sites (N-methyl/N-ethyl adjacent to an activating group) is 1. The van der Waals surface area contributed by atoms with E-state index in [0.717, 1.165) is 38.6 Å². The largest absolute Gasteiger partial charge is 0.347 e. The number of rotatable bonds is 5. The molecular weight excluding hydrogens is 228 g/mol. The minimum Gasteiger partial charge on any atom is -0.347 e. The molecule has 2 amide bonds. The van der Waals surface area contributed by atoms with Crippen molar-refractivity contribution in [2.75, 3.05) is 20.1 Å². The minimum atomic E-state index is -0.00109. The van der Waals surface area contributed by atoms with E-state index >= 15 is 0 Å². The lowest BCUT2D eigenvalue weighted by molar-refractivity contribution is -0.133. The monoisotopic (exact) mass is 254 g/mol. The fourth-order valence-corrected chi connectivity index (χ4v) is 2.44. The van der Waals surface area contributed by atoms with E-state index < -0.39 is 0 Å². The number of nitrogens with zero attached hydrogens (tertiary/aromatic N) is 1. The Balaban J connectivity index is 2.29. The number of hydrogen-bond acceptors (Lipinski definition) is 2. The average Bonchev–Trinajstić information content (AvgIpc) is 2.64. The van der Waals surface area contributed by atoms with Gasteiger partial charge in [-0.05, 0) is 19.3 Å². The number of amides is 2. The third kappa shape index (κ3) is 5.07. The smallest absolute Gasteiger partial charge is 0.241 e. The maximum Gasteiger partial charge on any atom is 0.241 e. The van der Waals surface area contributed by atoms with Crippen molar-refractivity contribution in [1.29, 1.82) is 0 Å². The van der Waals surface area contributed by atoms with Crippen LogP contribution in [0.1, 0.15) is 51.9 Å². The van der Waals surface area contributed by atoms with E-state index in [4.69, 9.17) is 0 Å². The van der Waals surface area contributed by atoms with Gasteiger partial charge in [0.05, 0.1) is 6.54 Å². The van der Waals surface area contributed by atoms with E-state index in [2.05, 4.69) is 5.32 Å². The lowest BCUT2D eigenvalue weighted by Crippen LogP contribution is -2.40. The molecule has 1 aliphatic rings. The summed E-state index contributed by atoms with van der Waals surface area (Å²) < 4.78 is 0. The lowest BCUT2D eigenvalue weighted by atomic mass is 9.99. The Morgan fingerprint density at radius 1 is 1.17 bits per heavy atom. The Morgan fingerprint density at radius 2 is 1.78 bits per heavy atom. The molecule has 4 heteroatoms. The van der Waals surface area contributed by atoms with Crippen LogP contribution in [0.25, 0.3) is 0 Å². The molecule has 0 saturated heterocycles. The summed E-state index contributed by atoms with van der Waals surface area (Å²) in [5.41, 5.74) is 0. The van der Waals surface area contributed by atoms with Gasteiger partial charge in [-0.2, -0.15) is 0 Å². The van der Waals surface area contributed by atoms with E-state index in [9.17, 15) is 9.59 Å². The van der Waals surface area contributed by atoms with Crippen molar-refractivity contribution in [3.63, 3.8) is 0 Å². The van der Waals surface area contributed by atoms with Crippen LogP contribution < -0.4 is 5.32 Å². The molecule has 0 heterocycles. The third-order valence-corrected chi connectivity index (χ3v) is 3.62. The van der Waals surface area contributed by atoms with Crippen LogP contribution in [-0.2, 0) is 9.59 Å². The van der Waals surface area contributed by atoms with Gasteiger partial charge in [-0.15, -0.1) is 0 Å². The molecule has 0 aromatic carbocycles. The summed E-state index contributed by atoms with van der Waals surface area (Å²) in [6, 6.07) is 0. The zero-order valence-electron chi connectivity index (χ0n) is 11.7. The van der Waals surface area contributed by atoms with Gasteiger partial charge in [0, 0.05) is 19.5 Å². The van der Waals surface area contributed by atoms with Gasteiger partial charge >= 0.3 is 0 Å². The molecule has 1 fully saturated rings. The average molecular weight is 254 g/mol. The summed E-state index contributed by atoms with van der Waals surface area (Å²) in [7, 11) is 1.78. The predicted molar refractivity (Wildman–Crippen MR) is 72.1 cm³/mol. The van der Waals surface area contributed by atoms with Crippen LogP contribution in [0.5, 0.6) is 0 Å². The number of carbonyl (C=O) groups excluding carboxylic acids is 2. The van der Waals surface area contributed by atoms with Crippen LogP contribution in [0, 0.1) is 5.92 Å². The quantitative estimate of drug-likeness (QED) is 0.762. The first-order valence-corrected chi connectivity index (χ1v) is 7.16. The van der Waals surface area contributed by atoms with Gasteiger partial charge in [-0.25, -0.2) is 0 Å². The van der Waals surface area contributed by atoms with E-state index in [1.807, 2.05) is 6.92 Å². The second-order valence-corrected chi connectivity index (χ2v) is 5.22. The van der Waals surface area contributed by atoms with Gasteiger partial charge in [0.15, 0.2) is 0 Å². The summed E-state index contributed by atoms with van der Waals surface area (Å²) in [6.07, 6.45) is 7.65. The van der Waals surface area contributed by atoms with Crippen LogP contribution in [-0.4, -0.2) is 36.9 Å². The second kappa shape index (κ2) is 8.11. The molecular formula is C14H26N2O2. The van der Waals surface area contributed by atoms with Crippen LogP contribution >= 0.6 is 0 Å². The molecule has 18 heavy (non-hydrogen) atoms. The Morgan fingerprint density at radius 3 is 2.33 bits per heavy atom. The van der Waals surface area contributed by atoms with Crippen LogP contribution in [0.15, 0.2) is 0 Å². The first-order valence-electron chi connectivity index (χ1n) is 7.16. The molecule has 0 spiro atoms. The summed E-state index contributed by atoms with van der Waals surface area (Å²) in [4.78, 5) is 25.3. The summed E-state index contributed by atoms with van der Waals surface area (Å²) >= 11 is 0. The standard InChI is InChI=1S/C14H26N2O2/c1-3-10-16(2)13(17)11-15-14(18)12-8-6-4-5-7-9-12/h12H,3-11H2,1-2H3,(H,15,18). The molecule has 4 nitrogen and oxygen atoms in total. The Hall–Kier alpha value is -1.06. The number of carbonyl (C=O) groups is 2. The Labute approximate surface area is 110 Å². The predicted octanol–water partition coefficient (Wildman–Crippen LogP) is 1.94. The fourth-order valence-electron chi connectivity index (χ4n) is 2.44. The minimum absolute atomic E-state index is 0.00109. The second-order valence-electron chi connectivity index (χ2n) is 5.22. The molecule has 0 bridgehead atoms. The maximum absolute atomic E-state index is 12.0. The van der Waals surface area contributed by atoms with E-state index in [1.165, 1.54) is 12.8 Å². The van der Waals surface area contributed by atoms with Crippen molar-refractivity contribution >= 4 is 11.8 Å². The van der Waals surface area contributed by atoms with Crippen LogP contribution in [0.4, 0.5) is 0 Å². The van der Waals surface area contributed by atoms with Crippen LogP contribution in [0.2, 0.25) is 0 Å². The number of nitrogens with one attached hydrogen (secondary N) is 1. The highest BCUT2D eigenvalue weighted by atomic mass is 16.2. The van der Waals surface area contributed by atoms with Crippen molar-refractivity contribution in [3.05, 3.63) is 0 Å². The van der Waals surface area contributed by atoms with Crippen molar-refractivity contribution in [2.24, 2.45) is 5.92 Å². The lowest BCUT2D eigenvalue weighted by Gasteiger charge is -2.18. The molecule has 0 aliphatic heterocycles. The van der Waals surface area contributed by atoms with E-state index in [0.29, 0.717) is 0 Å². The van der Waals surface area contributed by atoms with Crippen LogP contribution in [0.3, 0.4) is 0 Å². The highest BCUT2D eigenvalue weighted by Crippen LogP contribution is 2.22.